The van der Waals surface area contributed by atoms with E-state index in [1.165, 1.54) is 33.5 Å². The van der Waals surface area contributed by atoms with Crippen LogP contribution >= 0.6 is 0 Å². The quantitative estimate of drug-likeness (QED) is 0.264. The van der Waals surface area contributed by atoms with Gasteiger partial charge in [-0.15, -0.1) is 0 Å². The summed E-state index contributed by atoms with van der Waals surface area (Å²) in [7, 11) is 0. The average molecular weight is 532 g/mol. The number of aryl methyl sites for hydroxylation is 1. The van der Waals surface area contributed by atoms with Gasteiger partial charge in [0.25, 0.3) is 0 Å². The molecule has 4 nitrogen and oxygen atoms in total. The Morgan fingerprint density at radius 2 is 1.38 bits per heavy atom. The van der Waals surface area contributed by atoms with Gasteiger partial charge in [0.05, 0.1) is 5.41 Å². The Kier molecular flexibility index (Phi) is 7.55. The number of fused-ring (bicyclic) bond motifs is 3. The summed E-state index contributed by atoms with van der Waals surface area (Å²) in [6.45, 7) is 14.1. The Morgan fingerprint density at radius 3 is 1.93 bits per heavy atom. The van der Waals surface area contributed by atoms with Crippen molar-refractivity contribution in [3.63, 3.8) is 0 Å². The molecule has 0 saturated heterocycles. The molecule has 2 aliphatic rings. The Bertz CT molecular complexity index is 1450. The van der Waals surface area contributed by atoms with Crippen molar-refractivity contribution in [1.29, 1.82) is 0 Å². The van der Waals surface area contributed by atoms with E-state index < -0.39 is 5.41 Å². The van der Waals surface area contributed by atoms with Crippen LogP contribution in [-0.4, -0.2) is 16.4 Å². The molecule has 40 heavy (non-hydrogen) atoms. The lowest BCUT2D eigenvalue weighted by Gasteiger charge is -2.33. The van der Waals surface area contributed by atoms with E-state index in [0.29, 0.717) is 6.42 Å². The fourth-order valence-corrected chi connectivity index (χ4v) is 6.35. The third kappa shape index (κ3) is 4.92. The number of pyridine rings is 1. The van der Waals surface area contributed by atoms with Crippen LogP contribution in [0.15, 0.2) is 91.1 Å². The van der Waals surface area contributed by atoms with Crippen LogP contribution in [0, 0.1) is 6.92 Å². The lowest BCUT2D eigenvalue weighted by molar-refractivity contribution is -0.123. The molecule has 1 unspecified atom stereocenters. The van der Waals surface area contributed by atoms with Crippen molar-refractivity contribution >= 4 is 17.4 Å². The minimum Gasteiger partial charge on any atom is -0.363 e. The SMILES string of the molecule is CC.Cc1cc2c(cc1N(Cc1ccccc1)Cc1ccccc1)CC1(C2)C(=O)N(C(C)(C)C)c2ncccc21. The summed E-state index contributed by atoms with van der Waals surface area (Å²) in [5.41, 5.74) is 7.77. The molecule has 1 amide bonds. The Morgan fingerprint density at radius 1 is 0.825 bits per heavy atom. The number of anilines is 2. The van der Waals surface area contributed by atoms with Gasteiger partial charge < -0.3 is 4.90 Å². The second-order valence-electron chi connectivity index (χ2n) is 11.9. The van der Waals surface area contributed by atoms with Crippen LogP contribution in [0.5, 0.6) is 0 Å². The summed E-state index contributed by atoms with van der Waals surface area (Å²) in [6.07, 6.45) is 3.24. The van der Waals surface area contributed by atoms with E-state index >= 15 is 0 Å². The molecule has 1 aliphatic carbocycles. The molecule has 0 bridgehead atoms. The maximum Gasteiger partial charge on any atom is 0.240 e. The third-order valence-corrected chi connectivity index (χ3v) is 8.07. The summed E-state index contributed by atoms with van der Waals surface area (Å²) in [5, 5.41) is 0. The van der Waals surface area contributed by atoms with Gasteiger partial charge in [0.15, 0.2) is 0 Å². The number of amides is 1. The summed E-state index contributed by atoms with van der Waals surface area (Å²) in [6, 6.07) is 30.1. The van der Waals surface area contributed by atoms with Crippen molar-refractivity contribution in [3.05, 3.63) is 125 Å². The first-order valence-electron chi connectivity index (χ1n) is 14.5. The van der Waals surface area contributed by atoms with E-state index in [1.807, 2.05) is 24.8 Å². The van der Waals surface area contributed by atoms with Crippen LogP contribution in [0.2, 0.25) is 0 Å². The molecule has 1 spiro atoms. The highest BCUT2D eigenvalue weighted by molar-refractivity contribution is 6.09. The van der Waals surface area contributed by atoms with Crippen molar-refractivity contribution < 1.29 is 4.79 Å². The number of hydrogen-bond acceptors (Lipinski definition) is 3. The van der Waals surface area contributed by atoms with E-state index in [-0.39, 0.29) is 11.4 Å². The van der Waals surface area contributed by atoms with Crippen molar-refractivity contribution in [1.82, 2.24) is 4.98 Å². The molecule has 1 aliphatic heterocycles. The third-order valence-electron chi connectivity index (χ3n) is 8.07. The van der Waals surface area contributed by atoms with Crippen LogP contribution in [0.3, 0.4) is 0 Å². The monoisotopic (exact) mass is 531 g/mol. The van der Waals surface area contributed by atoms with Gasteiger partial charge in [-0.2, -0.15) is 0 Å². The van der Waals surface area contributed by atoms with E-state index in [9.17, 15) is 4.79 Å². The van der Waals surface area contributed by atoms with Crippen molar-refractivity contribution in [3.8, 4) is 0 Å². The summed E-state index contributed by atoms with van der Waals surface area (Å²) >= 11 is 0. The lowest BCUT2D eigenvalue weighted by atomic mass is 9.79. The Hall–Kier alpha value is -3.92. The predicted molar refractivity (Wildman–Crippen MR) is 166 cm³/mol. The van der Waals surface area contributed by atoms with Gasteiger partial charge in [-0.05, 0) is 80.5 Å². The van der Waals surface area contributed by atoms with Crippen molar-refractivity contribution in [2.45, 2.75) is 78.4 Å². The standard InChI is InChI=1S/C34H35N3O.C2H6/c1-24-18-27-20-34(29-16-11-17-35-31(29)37(32(34)38)33(2,3)4)21-28(27)19-30(24)36(22-25-12-7-5-8-13-25)23-26-14-9-6-10-15-26;1-2/h5-19H,20-23H2,1-4H3;1-2H3. The summed E-state index contributed by atoms with van der Waals surface area (Å²) in [4.78, 5) is 23.3. The maximum atomic E-state index is 14.2. The normalized spacial score (nSPS) is 17.4. The van der Waals surface area contributed by atoms with Gasteiger partial charge in [-0.1, -0.05) is 86.6 Å². The highest BCUT2D eigenvalue weighted by Gasteiger charge is 2.56. The first-order valence-corrected chi connectivity index (χ1v) is 14.5. The summed E-state index contributed by atoms with van der Waals surface area (Å²) < 4.78 is 0. The molecule has 206 valence electrons. The van der Waals surface area contributed by atoms with Gasteiger partial charge >= 0.3 is 0 Å². The average Bonchev–Trinajstić information content (AvgIpc) is 3.44. The zero-order chi connectivity index (χ0) is 28.5. The molecule has 1 atom stereocenters. The molecule has 0 fully saturated rings. The molecule has 0 N–H and O–H groups in total. The molecule has 6 rings (SSSR count). The zero-order valence-corrected chi connectivity index (χ0v) is 24.7. The number of rotatable bonds is 5. The molecule has 4 heteroatoms. The van der Waals surface area contributed by atoms with Gasteiger partial charge in [0.2, 0.25) is 5.91 Å². The zero-order valence-electron chi connectivity index (χ0n) is 24.7. The highest BCUT2D eigenvalue weighted by atomic mass is 16.2. The summed E-state index contributed by atoms with van der Waals surface area (Å²) in [5.74, 6) is 1.00. The minimum atomic E-state index is -0.575. The number of carbonyl (C=O) groups is 1. The number of nitrogens with zero attached hydrogens (tertiary/aromatic N) is 3. The Balaban J connectivity index is 0.00000158. The first-order chi connectivity index (χ1) is 19.3. The molecule has 1 aromatic heterocycles. The van der Waals surface area contributed by atoms with Crippen molar-refractivity contribution in [2.75, 3.05) is 9.80 Å². The minimum absolute atomic E-state index is 0.180. The van der Waals surface area contributed by atoms with Gasteiger partial charge in [0, 0.05) is 36.1 Å². The van der Waals surface area contributed by atoms with E-state index in [0.717, 1.165) is 30.9 Å². The second kappa shape index (κ2) is 10.9. The van der Waals surface area contributed by atoms with Crippen LogP contribution in [0.25, 0.3) is 0 Å². The van der Waals surface area contributed by atoms with Gasteiger partial charge in [0.1, 0.15) is 5.82 Å². The van der Waals surface area contributed by atoms with Crippen LogP contribution < -0.4 is 9.80 Å². The number of carbonyl (C=O) groups excluding carboxylic acids is 1. The molecule has 0 saturated carbocycles. The fourth-order valence-electron chi connectivity index (χ4n) is 6.35. The predicted octanol–water partition coefficient (Wildman–Crippen LogP) is 7.80. The first kappa shape index (κ1) is 27.6. The van der Waals surface area contributed by atoms with E-state index in [1.54, 1.807) is 6.20 Å². The molecule has 4 aromatic rings. The number of aromatic nitrogens is 1. The smallest absolute Gasteiger partial charge is 0.240 e. The molecule has 2 heterocycles. The van der Waals surface area contributed by atoms with Crippen LogP contribution in [-0.2, 0) is 36.1 Å². The second-order valence-corrected chi connectivity index (χ2v) is 11.9. The number of hydrogen-bond donors (Lipinski definition) is 0. The molecular formula is C36H41N3O. The van der Waals surface area contributed by atoms with Crippen LogP contribution in [0.1, 0.15) is 68.0 Å². The molecule has 0 radical (unpaired) electrons. The molecular weight excluding hydrogens is 490 g/mol. The van der Waals surface area contributed by atoms with Crippen LogP contribution in [0.4, 0.5) is 11.5 Å². The van der Waals surface area contributed by atoms with Gasteiger partial charge in [-0.25, -0.2) is 4.98 Å². The highest BCUT2D eigenvalue weighted by Crippen LogP contribution is 2.51. The van der Waals surface area contributed by atoms with Crippen molar-refractivity contribution in [2.24, 2.45) is 0 Å². The van der Waals surface area contributed by atoms with E-state index in [4.69, 9.17) is 4.98 Å². The Labute approximate surface area is 239 Å². The largest absolute Gasteiger partial charge is 0.363 e. The fraction of sp³-hybridized carbons (Fsp3) is 0.333. The van der Waals surface area contributed by atoms with E-state index in [2.05, 4.69) is 111 Å². The maximum absolute atomic E-state index is 14.2. The van der Waals surface area contributed by atoms with Gasteiger partial charge in [-0.3, -0.25) is 9.69 Å². The number of benzene rings is 3. The lowest BCUT2D eigenvalue weighted by Crippen LogP contribution is -2.49. The molecule has 3 aromatic carbocycles. The topological polar surface area (TPSA) is 36.4 Å².